The number of benzene rings is 1. The van der Waals surface area contributed by atoms with Gasteiger partial charge >= 0.3 is 0 Å². The third kappa shape index (κ3) is 4.84. The van der Waals surface area contributed by atoms with Crippen LogP contribution < -0.4 is 20.5 Å². The first kappa shape index (κ1) is 17.6. The highest BCUT2D eigenvalue weighted by atomic mass is 16.5. The molecule has 6 heteroatoms. The number of carbonyl (C=O) groups is 1. The van der Waals surface area contributed by atoms with E-state index in [0.29, 0.717) is 6.54 Å². The lowest BCUT2D eigenvalue weighted by Gasteiger charge is -2.19. The molecule has 3 N–H and O–H groups in total. The first-order valence-electron chi connectivity index (χ1n) is 8.00. The second kappa shape index (κ2) is 8.17. The molecule has 1 heterocycles. The molecule has 1 aromatic carbocycles. The van der Waals surface area contributed by atoms with Gasteiger partial charge < -0.3 is 20.5 Å². The highest BCUT2D eigenvalue weighted by molar-refractivity contribution is 5.78. The molecule has 1 saturated heterocycles. The van der Waals surface area contributed by atoms with E-state index in [1.807, 2.05) is 25.1 Å². The third-order valence-electron chi connectivity index (χ3n) is 4.24. The van der Waals surface area contributed by atoms with Gasteiger partial charge in [0.2, 0.25) is 5.91 Å². The van der Waals surface area contributed by atoms with Crippen LogP contribution in [0.2, 0.25) is 0 Å². The summed E-state index contributed by atoms with van der Waals surface area (Å²) < 4.78 is 10.6. The summed E-state index contributed by atoms with van der Waals surface area (Å²) in [6.07, 6.45) is 0.962. The molecule has 1 aliphatic rings. The second-order valence-corrected chi connectivity index (χ2v) is 6.09. The standard InChI is InChI=1S/C17H27N3O3/c1-12(9-18)17(21)19-14-4-5-20(11-14)10-13-6-15(22-2)8-16(7-13)23-3/h6-8,12,14H,4-5,9-11,18H2,1-3H3,(H,19,21). The van der Waals surface area contributed by atoms with Crippen LogP contribution >= 0.6 is 0 Å². The smallest absolute Gasteiger partial charge is 0.224 e. The van der Waals surface area contributed by atoms with Crippen molar-refractivity contribution in [1.82, 2.24) is 10.2 Å². The Morgan fingerprint density at radius 2 is 2.00 bits per heavy atom. The molecule has 23 heavy (non-hydrogen) atoms. The zero-order chi connectivity index (χ0) is 16.8. The SMILES string of the molecule is COc1cc(CN2CCC(NC(=O)C(C)CN)C2)cc(OC)c1. The second-order valence-electron chi connectivity index (χ2n) is 6.09. The summed E-state index contributed by atoms with van der Waals surface area (Å²) in [5, 5.41) is 3.08. The van der Waals surface area contributed by atoms with Crippen LogP contribution in [0.1, 0.15) is 18.9 Å². The summed E-state index contributed by atoms with van der Waals surface area (Å²) in [5.74, 6) is 1.49. The van der Waals surface area contributed by atoms with Crippen LogP contribution in [-0.4, -0.2) is 50.7 Å². The molecule has 1 fully saturated rings. The zero-order valence-electron chi connectivity index (χ0n) is 14.2. The first-order valence-corrected chi connectivity index (χ1v) is 8.00. The molecule has 0 radical (unpaired) electrons. The Kier molecular flexibility index (Phi) is 6.24. The van der Waals surface area contributed by atoms with Crippen molar-refractivity contribution in [2.45, 2.75) is 25.9 Å². The molecule has 2 atom stereocenters. The fourth-order valence-electron chi connectivity index (χ4n) is 2.76. The molecule has 0 saturated carbocycles. The highest BCUT2D eigenvalue weighted by Crippen LogP contribution is 2.24. The molecule has 0 aliphatic carbocycles. The van der Waals surface area contributed by atoms with Gasteiger partial charge in [0.1, 0.15) is 11.5 Å². The van der Waals surface area contributed by atoms with Crippen molar-refractivity contribution in [1.29, 1.82) is 0 Å². The molecule has 2 rings (SSSR count). The van der Waals surface area contributed by atoms with Gasteiger partial charge in [-0.1, -0.05) is 6.92 Å². The van der Waals surface area contributed by atoms with E-state index in [0.717, 1.165) is 43.1 Å². The van der Waals surface area contributed by atoms with E-state index in [1.165, 1.54) is 0 Å². The molecular formula is C17H27N3O3. The number of ether oxygens (including phenoxy) is 2. The number of methoxy groups -OCH3 is 2. The number of carbonyl (C=O) groups excluding carboxylic acids is 1. The van der Waals surface area contributed by atoms with Crippen LogP contribution in [0, 0.1) is 5.92 Å². The largest absolute Gasteiger partial charge is 0.497 e. The van der Waals surface area contributed by atoms with E-state index in [4.69, 9.17) is 15.2 Å². The van der Waals surface area contributed by atoms with E-state index >= 15 is 0 Å². The van der Waals surface area contributed by atoms with Gasteiger partial charge in [-0.3, -0.25) is 9.69 Å². The van der Waals surface area contributed by atoms with Gasteiger partial charge in [-0.05, 0) is 24.1 Å². The Morgan fingerprint density at radius 3 is 2.57 bits per heavy atom. The summed E-state index contributed by atoms with van der Waals surface area (Å²) in [6, 6.07) is 6.10. The van der Waals surface area contributed by atoms with E-state index in [9.17, 15) is 4.79 Å². The molecular weight excluding hydrogens is 294 g/mol. The third-order valence-corrected chi connectivity index (χ3v) is 4.24. The summed E-state index contributed by atoms with van der Waals surface area (Å²) in [6.45, 7) is 4.85. The van der Waals surface area contributed by atoms with Crippen molar-refractivity contribution in [2.75, 3.05) is 33.9 Å². The summed E-state index contributed by atoms with van der Waals surface area (Å²) >= 11 is 0. The van der Waals surface area contributed by atoms with Crippen LogP contribution in [0.3, 0.4) is 0 Å². The quantitative estimate of drug-likeness (QED) is 0.783. The Balaban J connectivity index is 1.91. The van der Waals surface area contributed by atoms with Gasteiger partial charge in [0.25, 0.3) is 0 Å². The van der Waals surface area contributed by atoms with Crippen molar-refractivity contribution >= 4 is 5.91 Å². The van der Waals surface area contributed by atoms with E-state index in [1.54, 1.807) is 14.2 Å². The molecule has 0 aromatic heterocycles. The van der Waals surface area contributed by atoms with Gasteiger partial charge in [0.05, 0.1) is 14.2 Å². The lowest BCUT2D eigenvalue weighted by molar-refractivity contribution is -0.124. The summed E-state index contributed by atoms with van der Waals surface area (Å²) in [4.78, 5) is 14.2. The average molecular weight is 321 g/mol. The Bertz CT molecular complexity index is 514. The van der Waals surface area contributed by atoms with E-state index < -0.39 is 0 Å². The van der Waals surface area contributed by atoms with Gasteiger partial charge in [-0.2, -0.15) is 0 Å². The van der Waals surface area contributed by atoms with Crippen LogP contribution in [-0.2, 0) is 11.3 Å². The topological polar surface area (TPSA) is 76.8 Å². The maximum atomic E-state index is 11.9. The predicted octanol–water partition coefficient (Wildman–Crippen LogP) is 0.989. The summed E-state index contributed by atoms with van der Waals surface area (Å²) in [5.41, 5.74) is 6.68. The number of hydrogen-bond acceptors (Lipinski definition) is 5. The minimum absolute atomic E-state index is 0.0439. The van der Waals surface area contributed by atoms with Crippen LogP contribution in [0.25, 0.3) is 0 Å². The number of nitrogens with two attached hydrogens (primary N) is 1. The predicted molar refractivity (Wildman–Crippen MR) is 89.6 cm³/mol. The lowest BCUT2D eigenvalue weighted by Crippen LogP contribution is -2.41. The lowest BCUT2D eigenvalue weighted by atomic mass is 10.1. The molecule has 0 bridgehead atoms. The van der Waals surface area contributed by atoms with Crippen molar-refractivity contribution in [3.05, 3.63) is 23.8 Å². The normalized spacial score (nSPS) is 19.4. The van der Waals surface area contributed by atoms with Gasteiger partial charge in [0, 0.05) is 44.2 Å². The fraction of sp³-hybridized carbons (Fsp3) is 0.588. The molecule has 1 amide bonds. The van der Waals surface area contributed by atoms with Crippen molar-refractivity contribution in [2.24, 2.45) is 11.7 Å². The van der Waals surface area contributed by atoms with Crippen LogP contribution in [0.5, 0.6) is 11.5 Å². The number of likely N-dealkylation sites (tertiary alicyclic amines) is 1. The molecule has 1 aliphatic heterocycles. The molecule has 6 nitrogen and oxygen atoms in total. The number of rotatable bonds is 7. The van der Waals surface area contributed by atoms with Crippen LogP contribution in [0.4, 0.5) is 0 Å². The van der Waals surface area contributed by atoms with Gasteiger partial charge in [-0.25, -0.2) is 0 Å². The maximum Gasteiger partial charge on any atom is 0.224 e. The Morgan fingerprint density at radius 1 is 1.35 bits per heavy atom. The number of amides is 1. The molecule has 0 spiro atoms. The van der Waals surface area contributed by atoms with E-state index in [-0.39, 0.29) is 17.9 Å². The van der Waals surface area contributed by atoms with Crippen LogP contribution in [0.15, 0.2) is 18.2 Å². The first-order chi connectivity index (χ1) is 11.0. The number of nitrogens with zero attached hydrogens (tertiary/aromatic N) is 1. The minimum atomic E-state index is -0.133. The Hall–Kier alpha value is -1.79. The maximum absolute atomic E-state index is 11.9. The average Bonchev–Trinajstić information content (AvgIpc) is 3.00. The number of hydrogen-bond donors (Lipinski definition) is 2. The monoisotopic (exact) mass is 321 g/mol. The Labute approximate surface area is 137 Å². The van der Waals surface area contributed by atoms with Gasteiger partial charge in [0.15, 0.2) is 0 Å². The highest BCUT2D eigenvalue weighted by Gasteiger charge is 2.25. The fourth-order valence-corrected chi connectivity index (χ4v) is 2.76. The number of nitrogens with one attached hydrogen (secondary N) is 1. The molecule has 128 valence electrons. The van der Waals surface area contributed by atoms with Crippen molar-refractivity contribution in [3.63, 3.8) is 0 Å². The molecule has 1 aromatic rings. The van der Waals surface area contributed by atoms with Crippen molar-refractivity contribution < 1.29 is 14.3 Å². The minimum Gasteiger partial charge on any atom is -0.497 e. The molecule has 2 unspecified atom stereocenters. The van der Waals surface area contributed by atoms with E-state index in [2.05, 4.69) is 10.2 Å². The van der Waals surface area contributed by atoms with Crippen molar-refractivity contribution in [3.8, 4) is 11.5 Å². The zero-order valence-corrected chi connectivity index (χ0v) is 14.2. The summed E-state index contributed by atoms with van der Waals surface area (Å²) in [7, 11) is 3.30. The van der Waals surface area contributed by atoms with Gasteiger partial charge in [-0.15, -0.1) is 0 Å².